The third-order valence-corrected chi connectivity index (χ3v) is 6.65. The third-order valence-electron chi connectivity index (χ3n) is 5.31. The molecule has 1 aliphatic rings. The molecule has 0 aliphatic carbocycles. The molecular formula is C22H35NO2S. The molecule has 1 fully saturated rings. The van der Waals surface area contributed by atoms with Crippen molar-refractivity contribution in [2.75, 3.05) is 32.1 Å². The molecule has 1 aliphatic heterocycles. The zero-order chi connectivity index (χ0) is 19.0. The Labute approximate surface area is 163 Å². The van der Waals surface area contributed by atoms with Gasteiger partial charge in [-0.3, -0.25) is 9.69 Å². The predicted molar refractivity (Wildman–Crippen MR) is 111 cm³/mol. The van der Waals surface area contributed by atoms with E-state index in [4.69, 9.17) is 4.74 Å². The maximum atomic E-state index is 13.0. The summed E-state index contributed by atoms with van der Waals surface area (Å²) in [6.07, 6.45) is 5.27. The summed E-state index contributed by atoms with van der Waals surface area (Å²) >= 11 is 1.90. The normalized spacial score (nSPS) is 17.2. The first-order chi connectivity index (χ1) is 12.4. The van der Waals surface area contributed by atoms with E-state index in [2.05, 4.69) is 30.9 Å². The van der Waals surface area contributed by atoms with Crippen molar-refractivity contribution >= 4 is 17.5 Å². The third kappa shape index (κ3) is 6.11. The highest BCUT2D eigenvalue weighted by molar-refractivity contribution is 7.99. The summed E-state index contributed by atoms with van der Waals surface area (Å²) in [6.45, 7) is 11.7. The number of hydrogen-bond donors (Lipinski definition) is 0. The maximum absolute atomic E-state index is 13.0. The number of hydrogen-bond acceptors (Lipinski definition) is 4. The molecular weight excluding hydrogens is 342 g/mol. The highest BCUT2D eigenvalue weighted by atomic mass is 32.2. The highest BCUT2D eigenvalue weighted by Crippen LogP contribution is 2.26. The number of carbonyl (C=O) groups is 1. The summed E-state index contributed by atoms with van der Waals surface area (Å²) in [5, 5.41) is 0. The van der Waals surface area contributed by atoms with Crippen LogP contribution in [0.5, 0.6) is 0 Å². The lowest BCUT2D eigenvalue weighted by molar-refractivity contribution is -0.00430. The second-order valence-electron chi connectivity index (χ2n) is 7.92. The summed E-state index contributed by atoms with van der Waals surface area (Å²) in [5.41, 5.74) is 0.327. The SMILES string of the molecule is CCCCCC(C)CSc1ccc(C(=O)C(C)(C)N2CCOCC2)cc1. The molecule has 0 bridgehead atoms. The Morgan fingerprint density at radius 1 is 1.19 bits per heavy atom. The smallest absolute Gasteiger partial charge is 0.182 e. The molecule has 1 aromatic rings. The van der Waals surface area contributed by atoms with Gasteiger partial charge in [-0.2, -0.15) is 0 Å². The zero-order valence-corrected chi connectivity index (χ0v) is 17.7. The first-order valence-corrected chi connectivity index (χ1v) is 11.0. The number of ether oxygens (including phenoxy) is 1. The van der Waals surface area contributed by atoms with Gasteiger partial charge >= 0.3 is 0 Å². The Morgan fingerprint density at radius 3 is 2.46 bits per heavy atom. The number of rotatable bonds is 10. The van der Waals surface area contributed by atoms with Crippen LogP contribution < -0.4 is 0 Å². The van der Waals surface area contributed by atoms with Crippen LogP contribution in [-0.4, -0.2) is 48.3 Å². The minimum atomic E-state index is -0.480. The summed E-state index contributed by atoms with van der Waals surface area (Å²) < 4.78 is 5.42. The molecule has 0 saturated carbocycles. The standard InChI is InChI=1S/C22H35NO2S/c1-5-6-7-8-18(2)17-26-20-11-9-19(10-12-20)21(24)22(3,4)23-13-15-25-16-14-23/h9-12,18H,5-8,13-17H2,1-4H3. The molecule has 0 N–H and O–H groups in total. The van der Waals surface area contributed by atoms with Crippen LogP contribution >= 0.6 is 11.8 Å². The number of ketones is 1. The van der Waals surface area contributed by atoms with E-state index in [-0.39, 0.29) is 5.78 Å². The van der Waals surface area contributed by atoms with E-state index in [1.807, 2.05) is 37.7 Å². The molecule has 1 atom stereocenters. The van der Waals surface area contributed by atoms with Crippen LogP contribution in [0.1, 0.15) is 63.7 Å². The van der Waals surface area contributed by atoms with E-state index in [0.29, 0.717) is 13.2 Å². The second kappa shape index (κ2) is 10.5. The molecule has 0 amide bonds. The van der Waals surface area contributed by atoms with Crippen molar-refractivity contribution in [2.24, 2.45) is 5.92 Å². The minimum Gasteiger partial charge on any atom is -0.379 e. The number of unbranched alkanes of at least 4 members (excludes halogenated alkanes) is 2. The number of thioether (sulfide) groups is 1. The molecule has 4 heteroatoms. The van der Waals surface area contributed by atoms with Crippen molar-refractivity contribution in [3.63, 3.8) is 0 Å². The van der Waals surface area contributed by atoms with Crippen molar-refractivity contribution in [3.8, 4) is 0 Å². The number of morpholine rings is 1. The van der Waals surface area contributed by atoms with Crippen LogP contribution in [0.25, 0.3) is 0 Å². The van der Waals surface area contributed by atoms with Gasteiger partial charge in [0.25, 0.3) is 0 Å². The topological polar surface area (TPSA) is 29.5 Å². The number of carbonyl (C=O) groups excluding carboxylic acids is 1. The molecule has 3 nitrogen and oxygen atoms in total. The fraction of sp³-hybridized carbons (Fsp3) is 0.682. The molecule has 1 heterocycles. The van der Waals surface area contributed by atoms with E-state index in [1.54, 1.807) is 0 Å². The predicted octanol–water partition coefficient (Wildman–Crippen LogP) is 5.29. The van der Waals surface area contributed by atoms with Crippen molar-refractivity contribution in [1.29, 1.82) is 0 Å². The molecule has 1 saturated heterocycles. The largest absolute Gasteiger partial charge is 0.379 e. The Hall–Kier alpha value is -0.840. The van der Waals surface area contributed by atoms with Gasteiger partial charge in [-0.1, -0.05) is 45.2 Å². The highest BCUT2D eigenvalue weighted by Gasteiger charge is 2.35. The number of Topliss-reactive ketones (excluding diaryl/α,β-unsaturated/α-hetero) is 1. The van der Waals surface area contributed by atoms with Crippen LogP contribution in [0.2, 0.25) is 0 Å². The lowest BCUT2D eigenvalue weighted by Gasteiger charge is -2.39. The van der Waals surface area contributed by atoms with Crippen LogP contribution in [-0.2, 0) is 4.74 Å². The zero-order valence-electron chi connectivity index (χ0n) is 16.9. The van der Waals surface area contributed by atoms with Crippen molar-refractivity contribution in [2.45, 2.75) is 63.8 Å². The summed E-state index contributed by atoms with van der Waals surface area (Å²) in [6, 6.07) is 8.20. The van der Waals surface area contributed by atoms with Gasteiger partial charge < -0.3 is 4.74 Å². The van der Waals surface area contributed by atoms with E-state index < -0.39 is 5.54 Å². The first-order valence-electron chi connectivity index (χ1n) is 10.1. The summed E-state index contributed by atoms with van der Waals surface area (Å²) in [7, 11) is 0. The number of nitrogens with zero attached hydrogens (tertiary/aromatic N) is 1. The molecule has 146 valence electrons. The van der Waals surface area contributed by atoms with Gasteiger partial charge in [0.05, 0.1) is 18.8 Å². The molecule has 0 spiro atoms. The maximum Gasteiger partial charge on any atom is 0.182 e. The van der Waals surface area contributed by atoms with E-state index >= 15 is 0 Å². The molecule has 2 rings (SSSR count). The van der Waals surface area contributed by atoms with E-state index in [0.717, 1.165) is 30.3 Å². The summed E-state index contributed by atoms with van der Waals surface area (Å²) in [4.78, 5) is 16.5. The van der Waals surface area contributed by atoms with Gasteiger partial charge in [0.15, 0.2) is 5.78 Å². The second-order valence-corrected chi connectivity index (χ2v) is 9.02. The van der Waals surface area contributed by atoms with Gasteiger partial charge in [-0.05, 0) is 38.3 Å². The Kier molecular flexibility index (Phi) is 8.65. The summed E-state index contributed by atoms with van der Waals surface area (Å²) in [5.74, 6) is 2.09. The van der Waals surface area contributed by atoms with Gasteiger partial charge in [-0.15, -0.1) is 11.8 Å². The lowest BCUT2D eigenvalue weighted by Crippen LogP contribution is -2.54. The van der Waals surface area contributed by atoms with Gasteiger partial charge in [0, 0.05) is 29.3 Å². The van der Waals surface area contributed by atoms with Crippen molar-refractivity contribution in [1.82, 2.24) is 4.90 Å². The number of benzene rings is 1. The molecule has 0 aromatic heterocycles. The van der Waals surface area contributed by atoms with Crippen LogP contribution in [0.4, 0.5) is 0 Å². The van der Waals surface area contributed by atoms with Gasteiger partial charge in [0.1, 0.15) is 0 Å². The van der Waals surface area contributed by atoms with Crippen LogP contribution in [0, 0.1) is 5.92 Å². The average Bonchev–Trinajstić information content (AvgIpc) is 2.67. The quantitative estimate of drug-likeness (QED) is 0.315. The van der Waals surface area contributed by atoms with Crippen LogP contribution in [0.3, 0.4) is 0 Å². The van der Waals surface area contributed by atoms with Crippen molar-refractivity contribution in [3.05, 3.63) is 29.8 Å². The molecule has 0 radical (unpaired) electrons. The fourth-order valence-electron chi connectivity index (χ4n) is 3.39. The lowest BCUT2D eigenvalue weighted by atomic mass is 9.91. The van der Waals surface area contributed by atoms with E-state index in [1.165, 1.54) is 30.6 Å². The fourth-order valence-corrected chi connectivity index (χ4v) is 4.36. The monoisotopic (exact) mass is 377 g/mol. The van der Waals surface area contributed by atoms with Crippen molar-refractivity contribution < 1.29 is 9.53 Å². The Bertz CT molecular complexity index is 550. The molecule has 26 heavy (non-hydrogen) atoms. The molecule has 1 unspecified atom stereocenters. The van der Waals surface area contributed by atoms with Gasteiger partial charge in [0.2, 0.25) is 0 Å². The Balaban J connectivity index is 1.88. The average molecular weight is 378 g/mol. The minimum absolute atomic E-state index is 0.198. The molecule has 1 aromatic carbocycles. The van der Waals surface area contributed by atoms with E-state index in [9.17, 15) is 4.79 Å². The van der Waals surface area contributed by atoms with Gasteiger partial charge in [-0.25, -0.2) is 0 Å². The first kappa shape index (κ1) is 21.5. The van der Waals surface area contributed by atoms with Crippen LogP contribution in [0.15, 0.2) is 29.2 Å². The Morgan fingerprint density at radius 2 is 1.85 bits per heavy atom.